The second-order valence-corrected chi connectivity index (χ2v) is 7.21. The van der Waals surface area contributed by atoms with Crippen LogP contribution in [0.25, 0.3) is 0 Å². The van der Waals surface area contributed by atoms with E-state index in [2.05, 4.69) is 48.5 Å². The van der Waals surface area contributed by atoms with Crippen LogP contribution in [0, 0.1) is 0 Å². The van der Waals surface area contributed by atoms with Gasteiger partial charge in [-0.25, -0.2) is 0 Å². The van der Waals surface area contributed by atoms with Gasteiger partial charge in [0.2, 0.25) is 0 Å². The summed E-state index contributed by atoms with van der Waals surface area (Å²) in [6.07, 6.45) is 1.73. The van der Waals surface area contributed by atoms with Crippen LogP contribution in [0.3, 0.4) is 0 Å². The molecule has 1 aliphatic rings. The molecule has 1 N–H and O–H groups in total. The van der Waals surface area contributed by atoms with E-state index in [9.17, 15) is 5.11 Å². The number of aliphatic hydroxyl groups excluding tert-OH is 1. The number of rotatable bonds is 2. The Morgan fingerprint density at radius 1 is 0.944 bits per heavy atom. The predicted octanol–water partition coefficient (Wildman–Crippen LogP) is 2.06. The fourth-order valence-electron chi connectivity index (χ4n) is 2.49. The quantitative estimate of drug-likeness (QED) is 0.842. The number of benzene rings is 2. The Kier molecular flexibility index (Phi) is 3.51. The van der Waals surface area contributed by atoms with Gasteiger partial charge in [-0.1, -0.05) is 0 Å². The molecule has 0 unspecified atom stereocenters. The molecule has 0 amide bonds. The predicted molar refractivity (Wildman–Crippen MR) is 75.3 cm³/mol. The second-order valence-electron chi connectivity index (χ2n) is 4.66. The molecule has 3 rings (SSSR count). The number of hydrogen-bond acceptors (Lipinski definition) is 1. The molecule has 0 radical (unpaired) electrons. The van der Waals surface area contributed by atoms with Crippen LogP contribution in [0.1, 0.15) is 22.4 Å². The molecular formula is C16H16OSe. The molecule has 2 aromatic carbocycles. The number of aliphatic hydroxyl groups is 1. The normalized spacial score (nSPS) is 22.5. The van der Waals surface area contributed by atoms with Crippen LogP contribution in [-0.2, 0) is 6.42 Å². The van der Waals surface area contributed by atoms with E-state index in [0.29, 0.717) is 19.8 Å². The molecule has 1 nitrogen and oxygen atoms in total. The van der Waals surface area contributed by atoms with Crippen LogP contribution in [0.2, 0.25) is 0 Å². The molecule has 0 bridgehead atoms. The van der Waals surface area contributed by atoms with Crippen LogP contribution in [0.4, 0.5) is 0 Å². The van der Waals surface area contributed by atoms with E-state index in [4.69, 9.17) is 0 Å². The van der Waals surface area contributed by atoms with Gasteiger partial charge in [-0.3, -0.25) is 0 Å². The summed E-state index contributed by atoms with van der Waals surface area (Å²) >= 11 is 0.303. The molecule has 2 heteroatoms. The van der Waals surface area contributed by atoms with Crippen molar-refractivity contribution in [1.29, 1.82) is 0 Å². The first-order valence-corrected chi connectivity index (χ1v) is 8.17. The van der Waals surface area contributed by atoms with E-state index >= 15 is 0 Å². The Morgan fingerprint density at radius 2 is 1.67 bits per heavy atom. The molecule has 0 saturated carbocycles. The Bertz CT molecular complexity index is 524. The van der Waals surface area contributed by atoms with Gasteiger partial charge >= 0.3 is 114 Å². The molecule has 0 saturated heterocycles. The van der Waals surface area contributed by atoms with E-state index in [0.717, 1.165) is 12.8 Å². The average Bonchev–Trinajstić information content (AvgIpc) is 2.43. The molecule has 0 aliphatic heterocycles. The van der Waals surface area contributed by atoms with Gasteiger partial charge in [-0.2, -0.15) is 0 Å². The third kappa shape index (κ3) is 2.37. The first kappa shape index (κ1) is 12.0. The van der Waals surface area contributed by atoms with Gasteiger partial charge in [0, 0.05) is 0 Å². The van der Waals surface area contributed by atoms with E-state index in [1.54, 1.807) is 0 Å². The first-order valence-electron chi connectivity index (χ1n) is 6.32. The average molecular weight is 303 g/mol. The third-order valence-corrected chi connectivity index (χ3v) is 6.29. The van der Waals surface area contributed by atoms with Gasteiger partial charge < -0.3 is 0 Å². The van der Waals surface area contributed by atoms with Crippen molar-refractivity contribution in [2.24, 2.45) is 0 Å². The zero-order valence-electron chi connectivity index (χ0n) is 10.1. The van der Waals surface area contributed by atoms with Gasteiger partial charge in [-0.05, 0) is 0 Å². The fourth-order valence-corrected chi connectivity index (χ4v) is 5.13. The maximum absolute atomic E-state index is 10.3. The van der Waals surface area contributed by atoms with E-state index in [1.807, 2.05) is 6.07 Å². The van der Waals surface area contributed by atoms with Gasteiger partial charge in [0.15, 0.2) is 0 Å². The summed E-state index contributed by atoms with van der Waals surface area (Å²) in [7, 11) is 0. The molecular weight excluding hydrogens is 287 g/mol. The zero-order valence-corrected chi connectivity index (χ0v) is 11.8. The van der Waals surface area contributed by atoms with Crippen molar-refractivity contribution in [2.45, 2.75) is 23.8 Å². The van der Waals surface area contributed by atoms with Gasteiger partial charge in [-0.15, -0.1) is 0 Å². The minimum absolute atomic E-state index is 0.180. The number of aryl methyl sites for hydroxylation is 1. The van der Waals surface area contributed by atoms with Crippen molar-refractivity contribution < 1.29 is 5.11 Å². The molecule has 0 fully saturated rings. The monoisotopic (exact) mass is 304 g/mol. The van der Waals surface area contributed by atoms with Crippen LogP contribution in [0.5, 0.6) is 0 Å². The zero-order chi connectivity index (χ0) is 12.4. The summed E-state index contributed by atoms with van der Waals surface area (Å²) in [5.41, 5.74) is 2.78. The minimum atomic E-state index is -0.180. The second kappa shape index (κ2) is 5.27. The number of fused-ring (bicyclic) bond motifs is 1. The summed E-state index contributed by atoms with van der Waals surface area (Å²) in [6.45, 7) is 0. The SMILES string of the molecule is O[C@@H]1CCc2ccccc2[C@H]1[Se]c1ccccc1. The standard InChI is InChI=1S/C16H16OSe/c17-15-11-10-12-6-4-5-9-14(12)16(15)18-13-7-2-1-3-8-13/h1-9,15-17H,10-11H2/t15-,16-/m1/s1. The van der Waals surface area contributed by atoms with Crippen LogP contribution < -0.4 is 4.46 Å². The molecule has 0 heterocycles. The number of hydrogen-bond donors (Lipinski definition) is 1. The summed E-state index contributed by atoms with van der Waals surface area (Å²) < 4.78 is 1.37. The Labute approximate surface area is 114 Å². The summed E-state index contributed by atoms with van der Waals surface area (Å²) in [5, 5.41) is 10.3. The molecule has 0 spiro atoms. The third-order valence-electron chi connectivity index (χ3n) is 3.43. The molecule has 0 aromatic heterocycles. The summed E-state index contributed by atoms with van der Waals surface area (Å²) in [5.74, 6) is 0. The molecule has 18 heavy (non-hydrogen) atoms. The van der Waals surface area contributed by atoms with Crippen molar-refractivity contribution in [3.05, 3.63) is 65.7 Å². The van der Waals surface area contributed by atoms with Gasteiger partial charge in [0.05, 0.1) is 0 Å². The van der Waals surface area contributed by atoms with Crippen LogP contribution >= 0.6 is 0 Å². The first-order chi connectivity index (χ1) is 8.84. The van der Waals surface area contributed by atoms with E-state index < -0.39 is 0 Å². The Balaban J connectivity index is 1.91. The summed E-state index contributed by atoms with van der Waals surface area (Å²) in [6, 6.07) is 19.1. The molecule has 1 aliphatic carbocycles. The van der Waals surface area contributed by atoms with Crippen molar-refractivity contribution >= 4 is 19.4 Å². The van der Waals surface area contributed by atoms with Crippen molar-refractivity contribution in [3.63, 3.8) is 0 Å². The van der Waals surface area contributed by atoms with E-state index in [1.165, 1.54) is 15.6 Å². The molecule has 2 atom stereocenters. The van der Waals surface area contributed by atoms with Crippen LogP contribution in [0.15, 0.2) is 54.6 Å². The maximum atomic E-state index is 10.3. The molecule has 2 aromatic rings. The van der Waals surface area contributed by atoms with Crippen molar-refractivity contribution in [2.75, 3.05) is 0 Å². The van der Waals surface area contributed by atoms with Crippen molar-refractivity contribution in [1.82, 2.24) is 0 Å². The summed E-state index contributed by atoms with van der Waals surface area (Å²) in [4.78, 5) is 0.310. The van der Waals surface area contributed by atoms with E-state index in [-0.39, 0.29) is 6.10 Å². The topological polar surface area (TPSA) is 20.2 Å². The Hall–Kier alpha value is -1.08. The van der Waals surface area contributed by atoms with Crippen molar-refractivity contribution in [3.8, 4) is 0 Å². The fraction of sp³-hybridized carbons (Fsp3) is 0.250. The van der Waals surface area contributed by atoms with Crippen LogP contribution in [-0.4, -0.2) is 26.2 Å². The van der Waals surface area contributed by atoms with Gasteiger partial charge in [0.1, 0.15) is 0 Å². The Morgan fingerprint density at radius 3 is 2.50 bits per heavy atom. The van der Waals surface area contributed by atoms with Gasteiger partial charge in [0.25, 0.3) is 0 Å². The molecule has 92 valence electrons.